The van der Waals surface area contributed by atoms with Crippen molar-refractivity contribution in [3.63, 3.8) is 0 Å². The first-order valence-corrected chi connectivity index (χ1v) is 15.1. The summed E-state index contributed by atoms with van der Waals surface area (Å²) < 4.78 is 11.7. The van der Waals surface area contributed by atoms with Gasteiger partial charge in [-0.1, -0.05) is 65.1 Å². The second-order valence-corrected chi connectivity index (χ2v) is 12.1. The third kappa shape index (κ3) is 5.21. The number of carbonyl (C=O) groups is 3. The van der Waals surface area contributed by atoms with Gasteiger partial charge in [0.1, 0.15) is 5.25 Å². The van der Waals surface area contributed by atoms with Crippen molar-refractivity contribution in [1.29, 1.82) is 0 Å². The first-order chi connectivity index (χ1) is 20.3. The fraction of sp³-hybridized carbons (Fsp3) is 0.226. The van der Waals surface area contributed by atoms with E-state index in [-0.39, 0.29) is 29.2 Å². The van der Waals surface area contributed by atoms with Gasteiger partial charge < -0.3 is 19.8 Å². The van der Waals surface area contributed by atoms with Gasteiger partial charge in [0.25, 0.3) is 5.91 Å². The summed E-state index contributed by atoms with van der Waals surface area (Å²) in [7, 11) is 0. The Bertz CT molecular complexity index is 1720. The van der Waals surface area contributed by atoms with Crippen molar-refractivity contribution in [3.05, 3.63) is 98.5 Å². The molecule has 1 fully saturated rings. The highest BCUT2D eigenvalue weighted by Gasteiger charge is 2.56. The maximum absolute atomic E-state index is 13.9. The number of H-pyrrole nitrogens is 1. The fourth-order valence-electron chi connectivity index (χ4n) is 5.29. The quantitative estimate of drug-likeness (QED) is 0.274. The van der Waals surface area contributed by atoms with Crippen LogP contribution in [0.3, 0.4) is 0 Å². The Morgan fingerprint density at radius 1 is 0.952 bits per heavy atom. The third-order valence-electron chi connectivity index (χ3n) is 7.16. The molecular weight excluding hydrogens is 574 g/mol. The van der Waals surface area contributed by atoms with E-state index in [0.717, 1.165) is 16.9 Å². The molecule has 0 spiro atoms. The van der Waals surface area contributed by atoms with Crippen molar-refractivity contribution >= 4 is 52.2 Å². The highest BCUT2D eigenvalue weighted by atomic mass is 32.2. The second-order valence-electron chi connectivity index (χ2n) is 9.94. The molecule has 9 nitrogen and oxygen atoms in total. The monoisotopic (exact) mass is 601 g/mol. The number of aryl methyl sites for hydroxylation is 1. The van der Waals surface area contributed by atoms with Crippen molar-refractivity contribution in [1.82, 2.24) is 4.98 Å². The third-order valence-corrected chi connectivity index (χ3v) is 9.56. The molecule has 3 amide bonds. The number of para-hydroxylation sites is 1. The second kappa shape index (κ2) is 11.5. The van der Waals surface area contributed by atoms with Crippen molar-refractivity contribution in [3.8, 4) is 11.5 Å². The molecule has 2 aliphatic heterocycles. The lowest BCUT2D eigenvalue weighted by atomic mass is 9.83. The van der Waals surface area contributed by atoms with Crippen LogP contribution in [0.5, 0.6) is 11.5 Å². The lowest BCUT2D eigenvalue weighted by Crippen LogP contribution is -2.32. The molecule has 4 aromatic rings. The number of nitrogens with one attached hydrogen (secondary N) is 2. The molecule has 3 heterocycles. The number of hydrogen-bond donors (Lipinski definition) is 2. The summed E-state index contributed by atoms with van der Waals surface area (Å²) in [6, 6.07) is 21.6. The number of carbonyl (C=O) groups excluding carboxylic acids is 3. The number of nitrogens with zero attached hydrogens (tertiary/aromatic N) is 1. The summed E-state index contributed by atoms with van der Waals surface area (Å²) in [4.78, 5) is 57.1. The number of ether oxygens (including phenoxy) is 2. The molecule has 0 bridgehead atoms. The van der Waals surface area contributed by atoms with Gasteiger partial charge in [-0.2, -0.15) is 0 Å². The predicted molar refractivity (Wildman–Crippen MR) is 162 cm³/mol. The summed E-state index contributed by atoms with van der Waals surface area (Å²) in [6.45, 7) is 3.88. The van der Waals surface area contributed by atoms with Gasteiger partial charge in [-0.05, 0) is 55.8 Å². The number of fused-ring (bicyclic) bond motifs is 2. The number of aromatic nitrogens is 1. The molecular formula is C31H27N3O6S2. The van der Waals surface area contributed by atoms with E-state index in [1.807, 2.05) is 44.2 Å². The van der Waals surface area contributed by atoms with Crippen molar-refractivity contribution < 1.29 is 23.9 Å². The van der Waals surface area contributed by atoms with Gasteiger partial charge in [-0.15, -0.1) is 0 Å². The highest BCUT2D eigenvalue weighted by Crippen LogP contribution is 2.53. The van der Waals surface area contributed by atoms with Crippen LogP contribution in [-0.4, -0.2) is 41.2 Å². The van der Waals surface area contributed by atoms with E-state index in [2.05, 4.69) is 10.3 Å². The molecule has 2 N–H and O–H groups in total. The number of benzene rings is 3. The largest absolute Gasteiger partial charge is 0.490 e. The Balaban J connectivity index is 1.32. The van der Waals surface area contributed by atoms with Crippen LogP contribution in [0.15, 0.2) is 82.6 Å². The van der Waals surface area contributed by atoms with Gasteiger partial charge in [0.15, 0.2) is 18.1 Å². The topological polar surface area (TPSA) is 118 Å². The highest BCUT2D eigenvalue weighted by molar-refractivity contribution is 8.00. The molecule has 6 rings (SSSR count). The molecule has 3 aromatic carbocycles. The molecule has 0 aliphatic carbocycles. The molecule has 1 aromatic heterocycles. The Morgan fingerprint density at radius 3 is 2.45 bits per heavy atom. The smallest absolute Gasteiger partial charge is 0.305 e. The van der Waals surface area contributed by atoms with Gasteiger partial charge in [0, 0.05) is 16.5 Å². The normalized spacial score (nSPS) is 19.3. The molecule has 1 saturated heterocycles. The summed E-state index contributed by atoms with van der Waals surface area (Å²) in [5.41, 5.74) is 2.91. The van der Waals surface area contributed by atoms with E-state index < -0.39 is 17.1 Å². The SMILES string of the molecule is CCOc1cc([C@@H]2c3sc(=O)[nH]c3S[C@H]3C(=O)N(c4ccc(C)cc4)C(=O)[C@@H]23)ccc1OCC(=O)Nc1ccccc1. The minimum absolute atomic E-state index is 0.235. The van der Waals surface area contributed by atoms with Gasteiger partial charge in [0.05, 0.1) is 23.2 Å². The van der Waals surface area contributed by atoms with Crippen molar-refractivity contribution in [2.24, 2.45) is 5.92 Å². The maximum atomic E-state index is 13.9. The van der Waals surface area contributed by atoms with Crippen LogP contribution >= 0.6 is 23.1 Å². The van der Waals surface area contributed by atoms with Crippen LogP contribution in [0.4, 0.5) is 11.4 Å². The molecule has 42 heavy (non-hydrogen) atoms. The van der Waals surface area contributed by atoms with Crippen LogP contribution in [0.2, 0.25) is 0 Å². The molecule has 2 aliphatic rings. The van der Waals surface area contributed by atoms with Gasteiger partial charge in [0.2, 0.25) is 11.8 Å². The van der Waals surface area contributed by atoms with Crippen LogP contribution in [0, 0.1) is 12.8 Å². The van der Waals surface area contributed by atoms with E-state index in [1.165, 1.54) is 16.7 Å². The van der Waals surface area contributed by atoms with Crippen molar-refractivity contribution in [2.45, 2.75) is 30.0 Å². The number of imide groups is 1. The summed E-state index contributed by atoms with van der Waals surface area (Å²) in [5.74, 6) is -1.47. The fourth-order valence-corrected chi connectivity index (χ4v) is 7.81. The first kappa shape index (κ1) is 27.8. The van der Waals surface area contributed by atoms with E-state index in [1.54, 1.807) is 42.5 Å². The average molecular weight is 602 g/mol. The van der Waals surface area contributed by atoms with Crippen LogP contribution < -0.4 is 24.6 Å². The van der Waals surface area contributed by atoms with Gasteiger partial charge in [-0.3, -0.25) is 19.2 Å². The number of amides is 3. The molecule has 11 heteroatoms. The number of hydrogen-bond acceptors (Lipinski definition) is 8. The Morgan fingerprint density at radius 2 is 1.71 bits per heavy atom. The maximum Gasteiger partial charge on any atom is 0.305 e. The van der Waals surface area contributed by atoms with Crippen molar-refractivity contribution in [2.75, 3.05) is 23.4 Å². The zero-order valence-corrected chi connectivity index (χ0v) is 24.4. The average Bonchev–Trinajstić information content (AvgIpc) is 3.47. The summed E-state index contributed by atoms with van der Waals surface area (Å²) in [5, 5.41) is 2.68. The first-order valence-electron chi connectivity index (χ1n) is 13.4. The zero-order valence-electron chi connectivity index (χ0n) is 22.8. The predicted octanol–water partition coefficient (Wildman–Crippen LogP) is 4.96. The molecule has 0 unspecified atom stereocenters. The molecule has 0 saturated carbocycles. The summed E-state index contributed by atoms with van der Waals surface area (Å²) in [6.07, 6.45) is 0. The summed E-state index contributed by atoms with van der Waals surface area (Å²) >= 11 is 2.28. The van der Waals surface area contributed by atoms with Crippen LogP contribution in [0.1, 0.15) is 28.8 Å². The number of rotatable bonds is 8. The minimum atomic E-state index is -0.722. The number of aromatic amines is 1. The lowest BCUT2D eigenvalue weighted by molar-refractivity contribution is -0.122. The van der Waals surface area contributed by atoms with Gasteiger partial charge in [-0.25, -0.2) is 4.90 Å². The van der Waals surface area contributed by atoms with E-state index >= 15 is 0 Å². The molecule has 0 radical (unpaired) electrons. The Labute approximate surface area is 249 Å². The molecule has 214 valence electrons. The van der Waals surface area contributed by atoms with Crippen LogP contribution in [0.25, 0.3) is 0 Å². The number of thioether (sulfide) groups is 1. The van der Waals surface area contributed by atoms with E-state index in [9.17, 15) is 19.2 Å². The number of thiazole rings is 1. The number of anilines is 2. The molecule has 3 atom stereocenters. The van der Waals surface area contributed by atoms with Crippen LogP contribution in [-0.2, 0) is 14.4 Å². The Hall–Kier alpha value is -4.35. The van der Waals surface area contributed by atoms with Gasteiger partial charge >= 0.3 is 4.87 Å². The lowest BCUT2D eigenvalue weighted by Gasteiger charge is -2.30. The standard InChI is InChI=1S/C31H27N3O6S2/c1-3-39-22-15-18(11-14-21(22)40-16-23(35)32-19-7-5-4-6-8-19)24-25-27(41-28-26(24)42-31(38)33-28)30(37)34(29(25)36)20-12-9-17(2)10-13-20/h4-15,24-25,27H,3,16H2,1-2H3,(H,32,35)(H,33,38)/t24-,25-,27+/m0/s1. The van der Waals surface area contributed by atoms with E-state index in [4.69, 9.17) is 9.47 Å². The Kier molecular flexibility index (Phi) is 7.61. The van der Waals surface area contributed by atoms with E-state index in [0.29, 0.717) is 44.9 Å². The zero-order chi connectivity index (χ0) is 29.4. The minimum Gasteiger partial charge on any atom is -0.490 e.